The molecule has 1 saturated carbocycles. The molecule has 0 radical (unpaired) electrons. The average molecular weight is 608 g/mol. The zero-order chi connectivity index (χ0) is 31.1. The van der Waals surface area contributed by atoms with Gasteiger partial charge in [-0.2, -0.15) is 10.1 Å². The molecule has 0 spiro atoms. The van der Waals surface area contributed by atoms with Crippen LogP contribution in [-0.4, -0.2) is 76.6 Å². The molecule has 45 heavy (non-hydrogen) atoms. The molecule has 14 heteroatoms. The lowest BCUT2D eigenvalue weighted by molar-refractivity contribution is -0.142. The third-order valence-corrected chi connectivity index (χ3v) is 8.00. The van der Waals surface area contributed by atoms with E-state index in [9.17, 15) is 9.59 Å². The van der Waals surface area contributed by atoms with Gasteiger partial charge in [0.2, 0.25) is 17.8 Å². The highest BCUT2D eigenvalue weighted by molar-refractivity contribution is 6.40. The van der Waals surface area contributed by atoms with Gasteiger partial charge in [0, 0.05) is 73.4 Å². The zero-order valence-corrected chi connectivity index (χ0v) is 25.2. The third kappa shape index (κ3) is 5.98. The van der Waals surface area contributed by atoms with E-state index in [2.05, 4.69) is 41.0 Å². The molecular weight excluding hydrogens is 574 g/mol. The molecule has 1 aromatic carbocycles. The van der Waals surface area contributed by atoms with Crippen LogP contribution in [0, 0.1) is 13.8 Å². The molecule has 4 N–H and O–H groups in total. The van der Waals surface area contributed by atoms with Crippen LogP contribution in [0.3, 0.4) is 0 Å². The number of aromatic nitrogens is 7. The molecule has 14 nitrogen and oxygen atoms in total. The topological polar surface area (TPSA) is 168 Å². The van der Waals surface area contributed by atoms with Gasteiger partial charge in [0.25, 0.3) is 0 Å². The van der Waals surface area contributed by atoms with Crippen LogP contribution in [-0.2, 0) is 16.6 Å². The number of fused-ring (bicyclic) bond motifs is 1. The van der Waals surface area contributed by atoms with Crippen molar-refractivity contribution in [2.24, 2.45) is 7.05 Å². The summed E-state index contributed by atoms with van der Waals surface area (Å²) in [7, 11) is 1.87. The van der Waals surface area contributed by atoms with Gasteiger partial charge in [0.05, 0.1) is 23.4 Å². The number of amides is 2. The van der Waals surface area contributed by atoms with Crippen LogP contribution in [0.4, 0.5) is 23.4 Å². The predicted molar refractivity (Wildman–Crippen MR) is 168 cm³/mol. The Kier molecular flexibility index (Phi) is 7.23. The van der Waals surface area contributed by atoms with Crippen LogP contribution in [0.15, 0.2) is 48.9 Å². The summed E-state index contributed by atoms with van der Waals surface area (Å²) in [6.45, 7) is 4.61. The molecule has 1 aliphatic carbocycles. The second kappa shape index (κ2) is 11.5. The van der Waals surface area contributed by atoms with Crippen LogP contribution >= 0.6 is 0 Å². The normalized spacial score (nSPS) is 16.2. The Morgan fingerprint density at radius 3 is 2.73 bits per heavy atom. The highest BCUT2D eigenvalue weighted by Gasteiger charge is 2.32. The summed E-state index contributed by atoms with van der Waals surface area (Å²) in [5.74, 6) is 0.719. The lowest BCUT2D eigenvalue weighted by atomic mass is 10.1. The van der Waals surface area contributed by atoms with Crippen molar-refractivity contribution in [2.45, 2.75) is 45.3 Å². The Hall–Kier alpha value is -5.53. The predicted octanol–water partition coefficient (Wildman–Crippen LogP) is 3.70. The van der Waals surface area contributed by atoms with Crippen LogP contribution in [0.1, 0.15) is 30.5 Å². The first-order valence-corrected chi connectivity index (χ1v) is 14.9. The van der Waals surface area contributed by atoms with Crippen LogP contribution in [0.2, 0.25) is 0 Å². The Bertz CT molecular complexity index is 1890. The first-order valence-electron chi connectivity index (χ1n) is 14.9. The number of rotatable bonds is 8. The lowest BCUT2D eigenvalue weighted by Crippen LogP contribution is -2.39. The van der Waals surface area contributed by atoms with Crippen LogP contribution < -0.4 is 20.7 Å². The molecule has 2 fully saturated rings. The summed E-state index contributed by atoms with van der Waals surface area (Å²) in [5.41, 5.74) is 4.63. The van der Waals surface area contributed by atoms with Crippen LogP contribution in [0.25, 0.3) is 22.2 Å². The maximum absolute atomic E-state index is 13.1. The maximum atomic E-state index is 13.1. The summed E-state index contributed by atoms with van der Waals surface area (Å²) in [6.07, 6.45) is 7.80. The summed E-state index contributed by atoms with van der Waals surface area (Å²) in [5, 5.41) is 14.5. The molecule has 7 rings (SSSR count). The van der Waals surface area contributed by atoms with E-state index in [0.29, 0.717) is 60.4 Å². The van der Waals surface area contributed by atoms with E-state index in [0.717, 1.165) is 40.7 Å². The van der Waals surface area contributed by atoms with E-state index in [4.69, 9.17) is 9.72 Å². The molecule has 5 heterocycles. The Labute approximate surface area is 258 Å². The standard InChI is InChI=1S/C31H33N11O3/c1-17-14-34-31(37-24-13-18(2)41(3)40-24)39-26(17)22-15-33-27-21(22)5-4-6-23(27)36-28(43)29(44)42-12-10-20(16-42)45-25-9-11-32-30(38-25)35-19-7-8-19/h4-6,9,11,13-15,19-20,33H,7-8,10,12,16H2,1-3H3,(H,36,43)(H,32,35,38)(H,34,37,39,40)/t20-/m0/s1. The number of nitrogens with zero attached hydrogens (tertiary/aromatic N) is 7. The monoisotopic (exact) mass is 607 g/mol. The van der Waals surface area contributed by atoms with E-state index >= 15 is 0 Å². The number of hydrogen-bond donors (Lipinski definition) is 4. The number of nitrogens with one attached hydrogen (secondary N) is 4. The summed E-state index contributed by atoms with van der Waals surface area (Å²) < 4.78 is 7.79. The summed E-state index contributed by atoms with van der Waals surface area (Å²) >= 11 is 0. The highest BCUT2D eigenvalue weighted by atomic mass is 16.5. The average Bonchev–Trinajstić information content (AvgIpc) is 3.39. The zero-order valence-electron chi connectivity index (χ0n) is 25.2. The van der Waals surface area contributed by atoms with Gasteiger partial charge < -0.3 is 30.6 Å². The molecule has 5 aromatic rings. The third-order valence-electron chi connectivity index (χ3n) is 8.00. The van der Waals surface area contributed by atoms with Gasteiger partial charge in [0.1, 0.15) is 6.10 Å². The molecule has 1 saturated heterocycles. The van der Waals surface area contributed by atoms with Gasteiger partial charge in [-0.25, -0.2) is 15.0 Å². The van der Waals surface area contributed by atoms with Crippen molar-refractivity contribution in [1.82, 2.24) is 39.6 Å². The molecule has 0 bridgehead atoms. The number of para-hydroxylation sites is 1. The SMILES string of the molecule is Cc1cnc(Nc2cc(C)n(C)n2)nc1-c1c[nH]c2c(NC(=O)C(=O)N3CC[C@H](Oc4ccnc(NC5CC5)n4)C3)cccc12. The van der Waals surface area contributed by atoms with E-state index in [1.54, 1.807) is 29.2 Å². The molecule has 1 atom stereocenters. The van der Waals surface area contributed by atoms with E-state index < -0.39 is 11.8 Å². The Morgan fingerprint density at radius 2 is 1.93 bits per heavy atom. The van der Waals surface area contributed by atoms with Gasteiger partial charge >= 0.3 is 11.8 Å². The summed E-state index contributed by atoms with van der Waals surface area (Å²) in [4.78, 5) is 48.8. The fourth-order valence-electron chi connectivity index (χ4n) is 5.35. The number of likely N-dealkylation sites (tertiary alicyclic amines) is 1. The number of aryl methyl sites for hydroxylation is 3. The first-order chi connectivity index (χ1) is 21.8. The largest absolute Gasteiger partial charge is 0.472 e. The van der Waals surface area contributed by atoms with Crippen molar-refractivity contribution < 1.29 is 14.3 Å². The van der Waals surface area contributed by atoms with E-state index in [1.165, 1.54) is 4.90 Å². The number of hydrogen-bond acceptors (Lipinski definition) is 10. The minimum Gasteiger partial charge on any atom is -0.472 e. The number of aromatic amines is 1. The van der Waals surface area contributed by atoms with Crippen molar-refractivity contribution in [3.05, 3.63) is 60.2 Å². The number of anilines is 4. The van der Waals surface area contributed by atoms with Gasteiger partial charge in [-0.3, -0.25) is 14.3 Å². The number of benzene rings is 1. The van der Waals surface area contributed by atoms with Crippen molar-refractivity contribution in [3.8, 4) is 17.1 Å². The van der Waals surface area contributed by atoms with Gasteiger partial charge in [-0.1, -0.05) is 12.1 Å². The number of H-pyrrole nitrogens is 1. The van der Waals surface area contributed by atoms with Gasteiger partial charge in [0.15, 0.2) is 5.82 Å². The Morgan fingerprint density at radius 1 is 1.07 bits per heavy atom. The molecule has 4 aromatic heterocycles. The number of carbonyl (C=O) groups excluding carboxylic acids is 2. The van der Waals surface area contributed by atoms with Gasteiger partial charge in [-0.05, 0) is 38.3 Å². The minimum absolute atomic E-state index is 0.267. The van der Waals surface area contributed by atoms with Crippen LogP contribution in [0.5, 0.6) is 5.88 Å². The van der Waals surface area contributed by atoms with E-state index in [1.807, 2.05) is 45.3 Å². The number of carbonyl (C=O) groups is 2. The Balaban J connectivity index is 1.03. The highest BCUT2D eigenvalue weighted by Crippen LogP contribution is 2.33. The van der Waals surface area contributed by atoms with Crippen molar-refractivity contribution in [1.29, 1.82) is 0 Å². The number of ether oxygens (including phenoxy) is 1. The maximum Gasteiger partial charge on any atom is 0.313 e. The fourth-order valence-corrected chi connectivity index (χ4v) is 5.35. The van der Waals surface area contributed by atoms with Crippen molar-refractivity contribution in [3.63, 3.8) is 0 Å². The van der Waals surface area contributed by atoms with Crippen molar-refractivity contribution >= 4 is 46.1 Å². The van der Waals surface area contributed by atoms with Gasteiger partial charge in [-0.15, -0.1) is 0 Å². The molecule has 0 unspecified atom stereocenters. The fraction of sp³-hybridized carbons (Fsp3) is 0.323. The van der Waals surface area contributed by atoms with Crippen molar-refractivity contribution in [2.75, 3.05) is 29.0 Å². The minimum atomic E-state index is -0.715. The molecule has 2 amide bonds. The summed E-state index contributed by atoms with van der Waals surface area (Å²) in [6, 6.07) is 9.57. The smallest absolute Gasteiger partial charge is 0.313 e. The first kappa shape index (κ1) is 28.3. The molecule has 1 aliphatic heterocycles. The lowest BCUT2D eigenvalue weighted by Gasteiger charge is -2.17. The van der Waals surface area contributed by atoms with E-state index in [-0.39, 0.29) is 6.10 Å². The molecule has 230 valence electrons. The second-order valence-electron chi connectivity index (χ2n) is 11.4. The second-order valence-corrected chi connectivity index (χ2v) is 11.4. The molecule has 2 aliphatic rings. The quantitative estimate of drug-likeness (QED) is 0.191. The molecular formula is C31H33N11O3.